The lowest BCUT2D eigenvalue weighted by atomic mass is 10.1. The topological polar surface area (TPSA) is 96.5 Å². The Morgan fingerprint density at radius 1 is 1.21 bits per heavy atom. The highest BCUT2D eigenvalue weighted by Gasteiger charge is 2.24. The van der Waals surface area contributed by atoms with Crippen molar-refractivity contribution in [2.75, 3.05) is 25.0 Å². The van der Waals surface area contributed by atoms with Crippen LogP contribution in [0, 0.1) is 0 Å². The molecule has 1 aliphatic rings. The van der Waals surface area contributed by atoms with Crippen LogP contribution in [0.4, 0.5) is 10.6 Å². The summed E-state index contributed by atoms with van der Waals surface area (Å²) in [6, 6.07) is 11.5. The van der Waals surface area contributed by atoms with E-state index in [1.807, 2.05) is 37.3 Å². The van der Waals surface area contributed by atoms with E-state index >= 15 is 0 Å². The van der Waals surface area contributed by atoms with Crippen molar-refractivity contribution in [1.82, 2.24) is 20.2 Å². The second-order valence-electron chi connectivity index (χ2n) is 7.00. The number of anilines is 1. The fraction of sp³-hybridized carbons (Fsp3) is 0.429. The molecule has 0 aliphatic carbocycles. The van der Waals surface area contributed by atoms with E-state index in [4.69, 9.17) is 4.74 Å². The third-order valence-corrected chi connectivity index (χ3v) is 4.92. The first-order chi connectivity index (χ1) is 14.1. The largest absolute Gasteiger partial charge is 0.450 e. The van der Waals surface area contributed by atoms with Gasteiger partial charge in [-0.05, 0) is 32.3 Å². The van der Waals surface area contributed by atoms with Crippen LogP contribution in [0.3, 0.4) is 0 Å². The summed E-state index contributed by atoms with van der Waals surface area (Å²) >= 11 is 0. The number of carbonyl (C=O) groups is 2. The highest BCUT2D eigenvalue weighted by Crippen LogP contribution is 2.17. The smallest absolute Gasteiger partial charge is 0.409 e. The van der Waals surface area contributed by atoms with Crippen molar-refractivity contribution in [3.8, 4) is 0 Å². The van der Waals surface area contributed by atoms with Crippen LogP contribution < -0.4 is 10.6 Å². The molecule has 1 unspecified atom stereocenters. The zero-order valence-electron chi connectivity index (χ0n) is 16.8. The van der Waals surface area contributed by atoms with Gasteiger partial charge in [-0.2, -0.15) is 0 Å². The van der Waals surface area contributed by atoms with E-state index in [1.54, 1.807) is 17.9 Å². The van der Waals surface area contributed by atoms with Gasteiger partial charge in [0.25, 0.3) is 5.91 Å². The molecule has 1 fully saturated rings. The van der Waals surface area contributed by atoms with E-state index in [-0.39, 0.29) is 24.1 Å². The number of likely N-dealkylation sites (tertiary alicyclic amines) is 1. The molecule has 29 heavy (non-hydrogen) atoms. The molecule has 2 N–H and O–H groups in total. The van der Waals surface area contributed by atoms with Crippen LogP contribution in [0.5, 0.6) is 0 Å². The van der Waals surface area contributed by atoms with Gasteiger partial charge < -0.3 is 20.3 Å². The predicted molar refractivity (Wildman–Crippen MR) is 110 cm³/mol. The molecule has 0 spiro atoms. The standard InChI is InChI=1S/C21H27N5O3/c1-3-29-21(28)26-11-9-17(10-12-26)25-19-13-18(22-14-23-19)20(27)24-15(2)16-7-5-4-6-8-16/h4-8,13-15,17H,3,9-12H2,1-2H3,(H,24,27)(H,22,23,25). The lowest BCUT2D eigenvalue weighted by Gasteiger charge is -2.31. The van der Waals surface area contributed by atoms with Crippen LogP contribution in [0.25, 0.3) is 0 Å². The molecule has 1 aromatic carbocycles. The maximum atomic E-state index is 12.6. The Labute approximate surface area is 170 Å². The SMILES string of the molecule is CCOC(=O)N1CCC(Nc2cc(C(=O)NC(C)c3ccccc3)ncn2)CC1. The minimum absolute atomic E-state index is 0.123. The van der Waals surface area contributed by atoms with Crippen LogP contribution in [0.2, 0.25) is 0 Å². The van der Waals surface area contributed by atoms with Gasteiger partial charge in [0, 0.05) is 25.2 Å². The number of rotatable bonds is 6. The molecule has 8 heteroatoms. The summed E-state index contributed by atoms with van der Waals surface area (Å²) in [5, 5.41) is 6.30. The average molecular weight is 397 g/mol. The first-order valence-electron chi connectivity index (χ1n) is 9.93. The third-order valence-electron chi connectivity index (χ3n) is 4.92. The van der Waals surface area contributed by atoms with E-state index in [1.165, 1.54) is 6.33 Å². The van der Waals surface area contributed by atoms with Crippen molar-refractivity contribution in [2.24, 2.45) is 0 Å². The molecular weight excluding hydrogens is 370 g/mol. The summed E-state index contributed by atoms with van der Waals surface area (Å²) in [6.07, 6.45) is 2.70. The Bertz CT molecular complexity index is 822. The molecule has 0 radical (unpaired) electrons. The summed E-state index contributed by atoms with van der Waals surface area (Å²) < 4.78 is 5.04. The number of aromatic nitrogens is 2. The van der Waals surface area contributed by atoms with Gasteiger partial charge in [0.15, 0.2) is 0 Å². The number of hydrogen-bond acceptors (Lipinski definition) is 6. The molecule has 1 aliphatic heterocycles. The minimum Gasteiger partial charge on any atom is -0.450 e. The van der Waals surface area contributed by atoms with Crippen molar-refractivity contribution < 1.29 is 14.3 Å². The summed E-state index contributed by atoms with van der Waals surface area (Å²) in [5.74, 6) is 0.357. The van der Waals surface area contributed by atoms with Crippen molar-refractivity contribution in [1.29, 1.82) is 0 Å². The molecule has 0 saturated carbocycles. The normalized spacial score (nSPS) is 15.4. The van der Waals surface area contributed by atoms with Crippen molar-refractivity contribution in [3.05, 3.63) is 54.0 Å². The Balaban J connectivity index is 1.54. The predicted octanol–water partition coefficient (Wildman–Crippen LogP) is 3.00. The summed E-state index contributed by atoms with van der Waals surface area (Å²) in [4.78, 5) is 34.4. The Morgan fingerprint density at radius 3 is 2.62 bits per heavy atom. The Kier molecular flexibility index (Phi) is 6.99. The fourth-order valence-corrected chi connectivity index (χ4v) is 3.29. The molecule has 2 aromatic rings. The van der Waals surface area contributed by atoms with Gasteiger partial charge in [0.05, 0.1) is 12.6 Å². The molecule has 1 atom stereocenters. The van der Waals surface area contributed by atoms with Gasteiger partial charge in [-0.15, -0.1) is 0 Å². The van der Waals surface area contributed by atoms with Gasteiger partial charge >= 0.3 is 6.09 Å². The van der Waals surface area contributed by atoms with Gasteiger partial charge in [0.1, 0.15) is 17.8 Å². The molecule has 154 valence electrons. The van der Waals surface area contributed by atoms with Crippen molar-refractivity contribution >= 4 is 17.8 Å². The van der Waals surface area contributed by atoms with Crippen molar-refractivity contribution in [3.63, 3.8) is 0 Å². The van der Waals surface area contributed by atoms with Crippen LogP contribution in [-0.4, -0.2) is 52.6 Å². The summed E-state index contributed by atoms with van der Waals surface area (Å²) in [6.45, 7) is 5.37. The second kappa shape index (κ2) is 9.86. The van der Waals surface area contributed by atoms with E-state index in [0.29, 0.717) is 31.2 Å². The minimum atomic E-state index is -0.264. The molecule has 2 amide bonds. The van der Waals surface area contributed by atoms with Crippen molar-refractivity contribution in [2.45, 2.75) is 38.8 Å². The number of hydrogen-bond donors (Lipinski definition) is 2. The number of ether oxygens (including phenoxy) is 1. The van der Waals surface area contributed by atoms with Gasteiger partial charge in [-0.3, -0.25) is 4.79 Å². The van der Waals surface area contributed by atoms with Crippen LogP contribution >= 0.6 is 0 Å². The molecule has 8 nitrogen and oxygen atoms in total. The Hall–Kier alpha value is -3.16. The molecule has 1 saturated heterocycles. The zero-order chi connectivity index (χ0) is 20.6. The highest BCUT2D eigenvalue weighted by molar-refractivity contribution is 5.93. The first kappa shape index (κ1) is 20.6. The summed E-state index contributed by atoms with van der Waals surface area (Å²) in [7, 11) is 0. The second-order valence-corrected chi connectivity index (χ2v) is 7.00. The number of benzene rings is 1. The number of nitrogens with zero attached hydrogens (tertiary/aromatic N) is 3. The number of carbonyl (C=O) groups excluding carboxylic acids is 2. The fourth-order valence-electron chi connectivity index (χ4n) is 3.29. The van der Waals surface area contributed by atoms with Gasteiger partial charge in [-0.25, -0.2) is 14.8 Å². The maximum Gasteiger partial charge on any atom is 0.409 e. The summed E-state index contributed by atoms with van der Waals surface area (Å²) in [5.41, 5.74) is 1.34. The number of piperidine rings is 1. The van der Waals surface area contributed by atoms with Crippen LogP contribution in [-0.2, 0) is 4.74 Å². The lowest BCUT2D eigenvalue weighted by Crippen LogP contribution is -2.42. The average Bonchev–Trinajstić information content (AvgIpc) is 2.75. The zero-order valence-corrected chi connectivity index (χ0v) is 16.8. The van der Waals surface area contributed by atoms with Gasteiger partial charge in [-0.1, -0.05) is 30.3 Å². The number of amides is 2. The lowest BCUT2D eigenvalue weighted by molar-refractivity contribution is 0.0932. The maximum absolute atomic E-state index is 12.6. The molecule has 1 aromatic heterocycles. The number of nitrogens with one attached hydrogen (secondary N) is 2. The van der Waals surface area contributed by atoms with E-state index < -0.39 is 0 Å². The van der Waals surface area contributed by atoms with E-state index in [0.717, 1.165) is 18.4 Å². The molecule has 3 rings (SSSR count). The van der Waals surface area contributed by atoms with Crippen LogP contribution in [0.15, 0.2) is 42.7 Å². The van der Waals surface area contributed by atoms with Crippen LogP contribution in [0.1, 0.15) is 48.8 Å². The quantitative estimate of drug-likeness (QED) is 0.778. The molecule has 2 heterocycles. The first-order valence-corrected chi connectivity index (χ1v) is 9.93. The van der Waals surface area contributed by atoms with Gasteiger partial charge in [0.2, 0.25) is 0 Å². The third kappa shape index (κ3) is 5.66. The Morgan fingerprint density at radius 2 is 1.93 bits per heavy atom. The molecule has 0 bridgehead atoms. The monoisotopic (exact) mass is 397 g/mol. The van der Waals surface area contributed by atoms with E-state index in [9.17, 15) is 9.59 Å². The van der Waals surface area contributed by atoms with E-state index in [2.05, 4.69) is 20.6 Å². The molecular formula is C21H27N5O3. The highest BCUT2D eigenvalue weighted by atomic mass is 16.6.